The zero-order chi connectivity index (χ0) is 9.98. The van der Waals surface area contributed by atoms with Gasteiger partial charge in [0.15, 0.2) is 0 Å². The van der Waals surface area contributed by atoms with Crippen molar-refractivity contribution in [2.45, 2.75) is 61.3 Å². The van der Waals surface area contributed by atoms with Gasteiger partial charge in [-0.1, -0.05) is 59.8 Å². The van der Waals surface area contributed by atoms with Crippen LogP contribution in [-0.4, -0.2) is 0 Å². The molecule has 0 N–H and O–H groups in total. The standard InChI is InChI=1S/C9H16.C3H8.CH4/c1-5-8(4)9(6-2)7-3;1-3-2;/h6H,2,5,7H2,1,3-4H3;3H2,1-2H3;1H4/b9-8-;;. The Morgan fingerprint density at radius 3 is 1.54 bits per heavy atom. The zero-order valence-electron chi connectivity index (χ0n) is 9.41. The molecule has 0 saturated heterocycles. The van der Waals surface area contributed by atoms with Crippen LogP contribution in [0.5, 0.6) is 0 Å². The lowest BCUT2D eigenvalue weighted by molar-refractivity contribution is 1.02. The van der Waals surface area contributed by atoms with Gasteiger partial charge in [0, 0.05) is 0 Å². The lowest BCUT2D eigenvalue weighted by atomic mass is 10.1. The smallest absolute Gasteiger partial charge is 0.0308 e. The summed E-state index contributed by atoms with van der Waals surface area (Å²) in [6.07, 6.45) is 5.47. The van der Waals surface area contributed by atoms with Gasteiger partial charge in [0.05, 0.1) is 0 Å². The third-order valence-corrected chi connectivity index (χ3v) is 1.71. The molecule has 0 amide bonds. The van der Waals surface area contributed by atoms with Gasteiger partial charge in [-0.25, -0.2) is 0 Å². The summed E-state index contributed by atoms with van der Waals surface area (Å²) >= 11 is 0. The van der Waals surface area contributed by atoms with E-state index in [1.165, 1.54) is 17.6 Å². The van der Waals surface area contributed by atoms with Gasteiger partial charge in [-0.05, 0) is 25.3 Å². The van der Waals surface area contributed by atoms with Gasteiger partial charge < -0.3 is 0 Å². The maximum atomic E-state index is 3.74. The average Bonchev–Trinajstić information content (AvgIpc) is 2.08. The van der Waals surface area contributed by atoms with E-state index in [2.05, 4.69) is 41.2 Å². The molecular formula is C13H28. The Balaban J connectivity index is -0.000000220. The highest BCUT2D eigenvalue weighted by Gasteiger charge is 1.90. The maximum absolute atomic E-state index is 3.74. The van der Waals surface area contributed by atoms with Crippen LogP contribution in [0.1, 0.15) is 61.3 Å². The van der Waals surface area contributed by atoms with Gasteiger partial charge in [0.1, 0.15) is 0 Å². The zero-order valence-corrected chi connectivity index (χ0v) is 9.41. The van der Waals surface area contributed by atoms with Crippen LogP contribution in [0, 0.1) is 0 Å². The van der Waals surface area contributed by atoms with Crippen LogP contribution in [0.15, 0.2) is 23.8 Å². The first-order valence-corrected chi connectivity index (χ1v) is 4.98. The van der Waals surface area contributed by atoms with Crippen molar-refractivity contribution in [2.24, 2.45) is 0 Å². The molecule has 13 heavy (non-hydrogen) atoms. The Morgan fingerprint density at radius 1 is 1.08 bits per heavy atom. The van der Waals surface area contributed by atoms with Crippen LogP contribution < -0.4 is 0 Å². The average molecular weight is 184 g/mol. The van der Waals surface area contributed by atoms with E-state index in [0.29, 0.717) is 0 Å². The summed E-state index contributed by atoms with van der Waals surface area (Å²) in [7, 11) is 0. The Kier molecular flexibility index (Phi) is 19.8. The molecule has 0 heterocycles. The molecule has 0 heteroatoms. The maximum Gasteiger partial charge on any atom is -0.0308 e. The molecule has 0 nitrogen and oxygen atoms in total. The minimum Gasteiger partial charge on any atom is -0.0988 e. The van der Waals surface area contributed by atoms with E-state index < -0.39 is 0 Å². The van der Waals surface area contributed by atoms with E-state index in [1.807, 2.05) is 6.08 Å². The first kappa shape index (κ1) is 18.3. The molecule has 0 aliphatic carbocycles. The van der Waals surface area contributed by atoms with Gasteiger partial charge in [-0.15, -0.1) is 0 Å². The Morgan fingerprint density at radius 2 is 1.46 bits per heavy atom. The number of hydrogen-bond donors (Lipinski definition) is 0. The highest BCUT2D eigenvalue weighted by Crippen LogP contribution is 2.11. The molecule has 0 rings (SSSR count). The Bertz CT molecular complexity index is 129. The quantitative estimate of drug-likeness (QED) is 0.518. The minimum absolute atomic E-state index is 0. The number of allylic oxidation sites excluding steroid dienone is 3. The Labute approximate surface area is 85.8 Å². The fourth-order valence-electron chi connectivity index (χ4n) is 0.847. The Hall–Kier alpha value is -0.520. The number of hydrogen-bond acceptors (Lipinski definition) is 0. The van der Waals surface area contributed by atoms with Crippen LogP contribution in [0.3, 0.4) is 0 Å². The lowest BCUT2D eigenvalue weighted by Crippen LogP contribution is -1.80. The second-order valence-electron chi connectivity index (χ2n) is 2.92. The molecule has 0 aromatic carbocycles. The largest absolute Gasteiger partial charge is 0.0988 e. The van der Waals surface area contributed by atoms with Gasteiger partial charge in [0.25, 0.3) is 0 Å². The first-order valence-electron chi connectivity index (χ1n) is 4.98. The van der Waals surface area contributed by atoms with E-state index in [0.717, 1.165) is 12.8 Å². The van der Waals surface area contributed by atoms with Crippen molar-refractivity contribution >= 4 is 0 Å². The SMILES string of the molecule is C.C=C/C(CC)=C(\C)CC.CCC. The molecule has 80 valence electrons. The molecule has 0 saturated carbocycles. The second kappa shape index (κ2) is 14.0. The summed E-state index contributed by atoms with van der Waals surface area (Å²) in [6, 6.07) is 0. The third kappa shape index (κ3) is 11.5. The predicted octanol–water partition coefficient (Wildman–Crippen LogP) is 5.36. The van der Waals surface area contributed by atoms with Crippen molar-refractivity contribution in [2.75, 3.05) is 0 Å². The first-order chi connectivity index (χ1) is 5.67. The van der Waals surface area contributed by atoms with Crippen molar-refractivity contribution < 1.29 is 0 Å². The fraction of sp³-hybridized carbons (Fsp3) is 0.692. The molecule has 0 atom stereocenters. The molecule has 0 aliphatic heterocycles. The molecule has 0 aliphatic rings. The van der Waals surface area contributed by atoms with Crippen LogP contribution in [0.4, 0.5) is 0 Å². The van der Waals surface area contributed by atoms with Crippen LogP contribution in [-0.2, 0) is 0 Å². The van der Waals surface area contributed by atoms with Crippen molar-refractivity contribution in [3.05, 3.63) is 23.8 Å². The van der Waals surface area contributed by atoms with E-state index in [4.69, 9.17) is 0 Å². The van der Waals surface area contributed by atoms with Gasteiger partial charge in [-0.2, -0.15) is 0 Å². The molecule has 0 spiro atoms. The monoisotopic (exact) mass is 184 g/mol. The highest BCUT2D eigenvalue weighted by atomic mass is 14.0. The molecular weight excluding hydrogens is 156 g/mol. The molecule has 0 unspecified atom stereocenters. The minimum atomic E-state index is 0. The topological polar surface area (TPSA) is 0 Å². The molecule has 0 bridgehead atoms. The molecule has 0 radical (unpaired) electrons. The van der Waals surface area contributed by atoms with Gasteiger partial charge >= 0.3 is 0 Å². The predicted molar refractivity (Wildman–Crippen MR) is 66.2 cm³/mol. The van der Waals surface area contributed by atoms with E-state index >= 15 is 0 Å². The van der Waals surface area contributed by atoms with Gasteiger partial charge in [0.2, 0.25) is 0 Å². The van der Waals surface area contributed by atoms with Crippen molar-refractivity contribution in [3.63, 3.8) is 0 Å². The third-order valence-electron chi connectivity index (χ3n) is 1.71. The van der Waals surface area contributed by atoms with Crippen LogP contribution >= 0.6 is 0 Å². The fourth-order valence-corrected chi connectivity index (χ4v) is 0.847. The van der Waals surface area contributed by atoms with Crippen molar-refractivity contribution in [3.8, 4) is 0 Å². The molecule has 0 fully saturated rings. The van der Waals surface area contributed by atoms with E-state index in [9.17, 15) is 0 Å². The second-order valence-corrected chi connectivity index (χ2v) is 2.92. The van der Waals surface area contributed by atoms with Crippen molar-refractivity contribution in [1.82, 2.24) is 0 Å². The summed E-state index contributed by atoms with van der Waals surface area (Å²) in [4.78, 5) is 0. The van der Waals surface area contributed by atoms with Crippen molar-refractivity contribution in [1.29, 1.82) is 0 Å². The molecule has 0 aromatic rings. The summed E-state index contributed by atoms with van der Waals surface area (Å²) < 4.78 is 0. The van der Waals surface area contributed by atoms with E-state index in [-0.39, 0.29) is 7.43 Å². The van der Waals surface area contributed by atoms with E-state index in [1.54, 1.807) is 0 Å². The highest BCUT2D eigenvalue weighted by molar-refractivity contribution is 5.21. The van der Waals surface area contributed by atoms with Crippen LogP contribution in [0.2, 0.25) is 0 Å². The summed E-state index contributed by atoms with van der Waals surface area (Å²) in [5, 5.41) is 0. The van der Waals surface area contributed by atoms with Crippen LogP contribution in [0.25, 0.3) is 0 Å². The molecule has 0 aromatic heterocycles. The summed E-state index contributed by atoms with van der Waals surface area (Å²) in [5.74, 6) is 0. The van der Waals surface area contributed by atoms with Gasteiger partial charge in [-0.3, -0.25) is 0 Å². The normalized spacial score (nSPS) is 10.2. The lowest BCUT2D eigenvalue weighted by Gasteiger charge is -2.00. The summed E-state index contributed by atoms with van der Waals surface area (Å²) in [5.41, 5.74) is 2.87. The summed E-state index contributed by atoms with van der Waals surface area (Å²) in [6.45, 7) is 14.5. The number of rotatable bonds is 3.